The zero-order chi connectivity index (χ0) is 11.1. The first kappa shape index (κ1) is 11.8. The minimum atomic E-state index is -0.167. The van der Waals surface area contributed by atoms with Gasteiger partial charge in [0.05, 0.1) is 18.9 Å². The van der Waals surface area contributed by atoms with Crippen LogP contribution in [0.2, 0.25) is 0 Å². The summed E-state index contributed by atoms with van der Waals surface area (Å²) in [6.45, 7) is 0.563. The third-order valence-electron chi connectivity index (χ3n) is 1.85. The van der Waals surface area contributed by atoms with Crippen LogP contribution in [0.15, 0.2) is 18.5 Å². The summed E-state index contributed by atoms with van der Waals surface area (Å²) in [5.41, 5.74) is 0.488. The van der Waals surface area contributed by atoms with E-state index in [2.05, 4.69) is 10.3 Å². The Bertz CT molecular complexity index is 331. The quantitative estimate of drug-likeness (QED) is 0.613. The molecule has 0 aliphatic rings. The van der Waals surface area contributed by atoms with E-state index in [0.717, 1.165) is 6.42 Å². The monoisotopic (exact) mass is 228 g/mol. The molecule has 0 saturated heterocycles. The Labute approximate surface area is 93.6 Å². The van der Waals surface area contributed by atoms with Crippen molar-refractivity contribution in [3.05, 3.63) is 24.0 Å². The molecule has 1 heterocycles. The molecule has 82 valence electrons. The van der Waals surface area contributed by atoms with Crippen LogP contribution in [0.5, 0.6) is 5.75 Å². The van der Waals surface area contributed by atoms with Gasteiger partial charge in [0.1, 0.15) is 5.75 Å². The first-order chi connectivity index (χ1) is 7.29. The molecule has 0 aliphatic heterocycles. The number of carbonyl (C=O) groups excluding carboxylic acids is 1. The lowest BCUT2D eigenvalue weighted by atomic mass is 10.2. The SMILES string of the molecule is COc1cnccc1C(=O)NCCCCl. The number of alkyl halides is 1. The molecule has 0 aliphatic carbocycles. The maximum Gasteiger partial charge on any atom is 0.255 e. The van der Waals surface area contributed by atoms with Crippen LogP contribution in [0.25, 0.3) is 0 Å². The molecule has 1 aromatic rings. The van der Waals surface area contributed by atoms with Crippen LogP contribution in [0.1, 0.15) is 16.8 Å². The lowest BCUT2D eigenvalue weighted by Crippen LogP contribution is -2.25. The summed E-state index contributed by atoms with van der Waals surface area (Å²) in [4.78, 5) is 15.5. The average Bonchev–Trinajstić information content (AvgIpc) is 2.29. The van der Waals surface area contributed by atoms with Gasteiger partial charge in [0.2, 0.25) is 0 Å². The van der Waals surface area contributed by atoms with Gasteiger partial charge in [0.15, 0.2) is 0 Å². The Kier molecular flexibility index (Phi) is 4.90. The predicted molar refractivity (Wildman–Crippen MR) is 58.5 cm³/mol. The van der Waals surface area contributed by atoms with Gasteiger partial charge in [-0.3, -0.25) is 9.78 Å². The number of nitrogens with one attached hydrogen (secondary N) is 1. The number of rotatable bonds is 5. The minimum absolute atomic E-state index is 0.167. The summed E-state index contributed by atoms with van der Waals surface area (Å²) in [6, 6.07) is 1.62. The van der Waals surface area contributed by atoms with Gasteiger partial charge in [-0.05, 0) is 12.5 Å². The van der Waals surface area contributed by atoms with Gasteiger partial charge in [-0.2, -0.15) is 0 Å². The van der Waals surface area contributed by atoms with Crippen LogP contribution in [-0.2, 0) is 0 Å². The highest BCUT2D eigenvalue weighted by Crippen LogP contribution is 2.14. The Morgan fingerprint density at radius 1 is 1.67 bits per heavy atom. The lowest BCUT2D eigenvalue weighted by molar-refractivity contribution is 0.0950. The van der Waals surface area contributed by atoms with E-state index in [0.29, 0.717) is 23.7 Å². The summed E-state index contributed by atoms with van der Waals surface area (Å²) in [5.74, 6) is 0.841. The normalized spacial score (nSPS) is 9.73. The van der Waals surface area contributed by atoms with E-state index in [1.807, 2.05) is 0 Å². The number of ether oxygens (including phenoxy) is 1. The van der Waals surface area contributed by atoms with Crippen LogP contribution < -0.4 is 10.1 Å². The van der Waals surface area contributed by atoms with Gasteiger partial charge in [-0.25, -0.2) is 0 Å². The second-order valence-corrected chi connectivity index (χ2v) is 3.25. The maximum atomic E-state index is 11.6. The molecule has 0 radical (unpaired) electrons. The number of methoxy groups -OCH3 is 1. The van der Waals surface area contributed by atoms with Crippen molar-refractivity contribution < 1.29 is 9.53 Å². The van der Waals surface area contributed by atoms with Crippen LogP contribution >= 0.6 is 11.6 Å². The number of carbonyl (C=O) groups is 1. The molecule has 1 aromatic heterocycles. The van der Waals surface area contributed by atoms with E-state index in [-0.39, 0.29) is 5.91 Å². The molecule has 1 N–H and O–H groups in total. The van der Waals surface area contributed by atoms with Crippen molar-refractivity contribution in [2.75, 3.05) is 19.5 Å². The fourth-order valence-corrected chi connectivity index (χ4v) is 1.23. The molecule has 0 bridgehead atoms. The molecule has 4 nitrogen and oxygen atoms in total. The van der Waals surface area contributed by atoms with E-state index in [1.54, 1.807) is 12.3 Å². The molecule has 0 unspecified atom stereocenters. The zero-order valence-corrected chi connectivity index (χ0v) is 9.25. The highest BCUT2D eigenvalue weighted by molar-refractivity contribution is 6.17. The summed E-state index contributed by atoms with van der Waals surface area (Å²) in [7, 11) is 1.51. The smallest absolute Gasteiger partial charge is 0.255 e. The molecule has 1 amide bonds. The Balaban J connectivity index is 2.64. The average molecular weight is 229 g/mol. The first-order valence-corrected chi connectivity index (χ1v) is 5.15. The van der Waals surface area contributed by atoms with E-state index in [4.69, 9.17) is 16.3 Å². The van der Waals surface area contributed by atoms with Crippen LogP contribution in [0.4, 0.5) is 0 Å². The Hall–Kier alpha value is -1.29. The molecule has 0 fully saturated rings. The summed E-state index contributed by atoms with van der Waals surface area (Å²) in [5, 5.41) is 2.74. The second-order valence-electron chi connectivity index (χ2n) is 2.87. The van der Waals surface area contributed by atoms with Gasteiger partial charge in [0.25, 0.3) is 5.91 Å². The summed E-state index contributed by atoms with van der Waals surface area (Å²) in [6.07, 6.45) is 3.82. The number of hydrogen-bond donors (Lipinski definition) is 1. The molecule has 15 heavy (non-hydrogen) atoms. The molecule has 1 rings (SSSR count). The van der Waals surface area contributed by atoms with Crippen molar-refractivity contribution in [1.29, 1.82) is 0 Å². The van der Waals surface area contributed by atoms with Crippen molar-refractivity contribution in [2.24, 2.45) is 0 Å². The standard InChI is InChI=1S/C10H13ClN2O2/c1-15-9-7-12-6-3-8(9)10(14)13-5-2-4-11/h3,6-7H,2,4-5H2,1H3,(H,13,14). The van der Waals surface area contributed by atoms with E-state index < -0.39 is 0 Å². The Morgan fingerprint density at radius 3 is 3.13 bits per heavy atom. The van der Waals surface area contributed by atoms with Crippen LogP contribution in [-0.4, -0.2) is 30.4 Å². The maximum absolute atomic E-state index is 11.6. The highest BCUT2D eigenvalue weighted by Gasteiger charge is 2.10. The third kappa shape index (κ3) is 3.40. The second kappa shape index (κ2) is 6.24. The zero-order valence-electron chi connectivity index (χ0n) is 8.50. The van der Waals surface area contributed by atoms with Crippen molar-refractivity contribution in [1.82, 2.24) is 10.3 Å². The number of nitrogens with zero attached hydrogens (tertiary/aromatic N) is 1. The molecule has 0 aromatic carbocycles. The van der Waals surface area contributed by atoms with Gasteiger partial charge in [-0.15, -0.1) is 11.6 Å². The largest absolute Gasteiger partial charge is 0.494 e. The van der Waals surface area contributed by atoms with Crippen molar-refractivity contribution in [3.8, 4) is 5.75 Å². The Morgan fingerprint density at radius 2 is 2.47 bits per heavy atom. The summed E-state index contributed by atoms with van der Waals surface area (Å²) >= 11 is 5.50. The molecular formula is C10H13ClN2O2. The summed E-state index contributed by atoms with van der Waals surface area (Å²) < 4.78 is 5.02. The topological polar surface area (TPSA) is 51.2 Å². The van der Waals surface area contributed by atoms with E-state index in [9.17, 15) is 4.79 Å². The van der Waals surface area contributed by atoms with Crippen molar-refractivity contribution in [2.45, 2.75) is 6.42 Å². The first-order valence-electron chi connectivity index (χ1n) is 4.61. The molecular weight excluding hydrogens is 216 g/mol. The molecule has 0 atom stereocenters. The van der Waals surface area contributed by atoms with Gasteiger partial charge < -0.3 is 10.1 Å². The minimum Gasteiger partial charge on any atom is -0.494 e. The van der Waals surface area contributed by atoms with E-state index >= 15 is 0 Å². The number of pyridine rings is 1. The molecule has 0 saturated carbocycles. The van der Waals surface area contributed by atoms with Crippen LogP contribution in [0, 0.1) is 0 Å². The molecule has 0 spiro atoms. The third-order valence-corrected chi connectivity index (χ3v) is 2.11. The fourth-order valence-electron chi connectivity index (χ4n) is 1.09. The predicted octanol–water partition coefficient (Wildman–Crippen LogP) is 1.45. The number of hydrogen-bond acceptors (Lipinski definition) is 3. The van der Waals surface area contributed by atoms with Crippen LogP contribution in [0.3, 0.4) is 0 Å². The number of halogens is 1. The lowest BCUT2D eigenvalue weighted by Gasteiger charge is -2.07. The fraction of sp³-hybridized carbons (Fsp3) is 0.400. The van der Waals surface area contributed by atoms with Gasteiger partial charge in [-0.1, -0.05) is 0 Å². The molecule has 5 heteroatoms. The van der Waals surface area contributed by atoms with Crippen molar-refractivity contribution >= 4 is 17.5 Å². The number of aromatic nitrogens is 1. The van der Waals surface area contributed by atoms with E-state index in [1.165, 1.54) is 13.3 Å². The van der Waals surface area contributed by atoms with Gasteiger partial charge >= 0.3 is 0 Å². The number of amides is 1. The van der Waals surface area contributed by atoms with Crippen molar-refractivity contribution in [3.63, 3.8) is 0 Å². The van der Waals surface area contributed by atoms with Gasteiger partial charge in [0, 0.05) is 18.6 Å². The highest BCUT2D eigenvalue weighted by atomic mass is 35.5.